The molecule has 0 atom stereocenters. The molecular formula is C12H17N3O3. The van der Waals surface area contributed by atoms with Gasteiger partial charge in [-0.1, -0.05) is 0 Å². The first kappa shape index (κ1) is 16.4. The molecule has 0 aromatic rings. The molecule has 0 aliphatic heterocycles. The van der Waals surface area contributed by atoms with Crippen LogP contribution >= 0.6 is 0 Å². The molecule has 98 valence electrons. The lowest BCUT2D eigenvalue weighted by molar-refractivity contribution is -0.150. The topological polar surface area (TPSA) is 99.1 Å². The number of rotatable bonds is 11. The summed E-state index contributed by atoms with van der Waals surface area (Å²) in [6.07, 6.45) is 1.01. The van der Waals surface area contributed by atoms with E-state index in [4.69, 9.17) is 30.0 Å². The Morgan fingerprint density at radius 2 is 1.22 bits per heavy atom. The second-order valence-corrected chi connectivity index (χ2v) is 3.30. The monoisotopic (exact) mass is 251 g/mol. The lowest BCUT2D eigenvalue weighted by Gasteiger charge is -2.17. The molecule has 18 heavy (non-hydrogen) atoms. The zero-order valence-corrected chi connectivity index (χ0v) is 10.3. The minimum atomic E-state index is -0.464. The molecule has 0 heterocycles. The summed E-state index contributed by atoms with van der Waals surface area (Å²) in [7, 11) is 0. The van der Waals surface area contributed by atoms with Crippen LogP contribution in [0.25, 0.3) is 0 Å². The van der Waals surface area contributed by atoms with Crippen LogP contribution in [0.1, 0.15) is 25.7 Å². The zero-order chi connectivity index (χ0) is 13.5. The second kappa shape index (κ2) is 13.4. The van der Waals surface area contributed by atoms with Crippen LogP contribution in [-0.2, 0) is 14.2 Å². The van der Waals surface area contributed by atoms with Gasteiger partial charge in [-0.3, -0.25) is 0 Å². The van der Waals surface area contributed by atoms with Gasteiger partial charge in [0.1, 0.15) is 0 Å². The quantitative estimate of drug-likeness (QED) is 0.407. The Morgan fingerprint density at radius 3 is 1.72 bits per heavy atom. The third-order valence-electron chi connectivity index (χ3n) is 1.89. The van der Waals surface area contributed by atoms with Gasteiger partial charge < -0.3 is 14.2 Å². The van der Waals surface area contributed by atoms with Crippen molar-refractivity contribution in [3.8, 4) is 18.2 Å². The van der Waals surface area contributed by atoms with Crippen molar-refractivity contribution in [2.45, 2.75) is 32.0 Å². The average Bonchev–Trinajstić information content (AvgIpc) is 2.38. The minimum Gasteiger partial charge on any atom is -0.380 e. The van der Waals surface area contributed by atoms with Crippen molar-refractivity contribution < 1.29 is 14.2 Å². The Labute approximate surface area is 107 Å². The molecule has 0 saturated heterocycles. The van der Waals surface area contributed by atoms with Crippen LogP contribution in [0.5, 0.6) is 0 Å². The van der Waals surface area contributed by atoms with Gasteiger partial charge in [-0.25, -0.2) is 0 Å². The largest absolute Gasteiger partial charge is 0.380 e. The van der Waals surface area contributed by atoms with Gasteiger partial charge in [0, 0.05) is 6.42 Å². The molecule has 0 aliphatic carbocycles. The van der Waals surface area contributed by atoms with Gasteiger partial charge in [-0.2, -0.15) is 15.8 Å². The highest BCUT2D eigenvalue weighted by Crippen LogP contribution is 2.03. The van der Waals surface area contributed by atoms with Crippen LogP contribution in [0.4, 0.5) is 0 Å². The van der Waals surface area contributed by atoms with E-state index in [9.17, 15) is 0 Å². The molecule has 0 unspecified atom stereocenters. The Bertz CT molecular complexity index is 294. The number of hydrogen-bond donors (Lipinski definition) is 0. The Morgan fingerprint density at radius 1 is 0.722 bits per heavy atom. The Hall–Kier alpha value is -1.65. The molecule has 0 bridgehead atoms. The second-order valence-electron chi connectivity index (χ2n) is 3.30. The molecule has 0 saturated carbocycles. The maximum atomic E-state index is 8.40. The first-order valence-corrected chi connectivity index (χ1v) is 5.77. The summed E-state index contributed by atoms with van der Waals surface area (Å²) in [5.41, 5.74) is 0. The third-order valence-corrected chi connectivity index (χ3v) is 1.89. The molecule has 0 fully saturated rings. The maximum Gasteiger partial charge on any atom is 0.159 e. The van der Waals surface area contributed by atoms with E-state index in [1.54, 1.807) is 0 Å². The molecule has 0 amide bonds. The predicted octanol–water partition coefficient (Wildman–Crippen LogP) is 1.49. The van der Waals surface area contributed by atoms with E-state index in [1.165, 1.54) is 0 Å². The Balaban J connectivity index is 3.71. The average molecular weight is 251 g/mol. The highest BCUT2D eigenvalue weighted by atomic mass is 16.7. The van der Waals surface area contributed by atoms with E-state index >= 15 is 0 Å². The van der Waals surface area contributed by atoms with Gasteiger partial charge in [-0.05, 0) is 0 Å². The summed E-state index contributed by atoms with van der Waals surface area (Å²) in [6, 6.07) is 5.93. The smallest absolute Gasteiger partial charge is 0.159 e. The summed E-state index contributed by atoms with van der Waals surface area (Å²) in [6.45, 7) is 1.41. The molecule has 0 radical (unpaired) electrons. The van der Waals surface area contributed by atoms with Crippen molar-refractivity contribution in [2.24, 2.45) is 0 Å². The first-order valence-electron chi connectivity index (χ1n) is 5.77. The van der Waals surface area contributed by atoms with Crippen LogP contribution < -0.4 is 0 Å². The first-order chi connectivity index (χ1) is 8.85. The number of hydrogen-bond acceptors (Lipinski definition) is 6. The molecule has 0 aromatic carbocycles. The van der Waals surface area contributed by atoms with E-state index in [-0.39, 0.29) is 0 Å². The molecule has 6 nitrogen and oxygen atoms in total. The summed E-state index contributed by atoms with van der Waals surface area (Å²) in [5.74, 6) is 0. The van der Waals surface area contributed by atoms with Gasteiger partial charge in [0.25, 0.3) is 0 Å². The molecule has 0 aromatic heterocycles. The Kier molecular flexibility index (Phi) is 12.2. The maximum absolute atomic E-state index is 8.40. The lowest BCUT2D eigenvalue weighted by Crippen LogP contribution is -2.21. The summed E-state index contributed by atoms with van der Waals surface area (Å²) in [4.78, 5) is 0. The van der Waals surface area contributed by atoms with Crippen molar-refractivity contribution in [3.05, 3.63) is 0 Å². The molecule has 0 rings (SSSR count). The van der Waals surface area contributed by atoms with Gasteiger partial charge in [0.15, 0.2) is 6.29 Å². The van der Waals surface area contributed by atoms with Gasteiger partial charge in [0.05, 0.1) is 63.9 Å². The fraction of sp³-hybridized carbons (Fsp3) is 0.750. The van der Waals surface area contributed by atoms with Crippen molar-refractivity contribution in [2.75, 3.05) is 26.4 Å². The lowest BCUT2D eigenvalue weighted by atomic mass is 10.4. The number of nitriles is 3. The number of nitrogens with zero attached hydrogens (tertiary/aromatic N) is 3. The SMILES string of the molecule is N#CCCOCCC(OCCC#N)OCCC#N. The van der Waals surface area contributed by atoms with Crippen molar-refractivity contribution >= 4 is 0 Å². The third kappa shape index (κ3) is 10.9. The zero-order valence-electron chi connectivity index (χ0n) is 10.3. The molecular weight excluding hydrogens is 234 g/mol. The van der Waals surface area contributed by atoms with Crippen molar-refractivity contribution in [3.63, 3.8) is 0 Å². The fourth-order valence-corrected chi connectivity index (χ4v) is 1.09. The molecule has 6 heteroatoms. The highest BCUT2D eigenvalue weighted by Gasteiger charge is 2.09. The summed E-state index contributed by atoms with van der Waals surface area (Å²) >= 11 is 0. The fourth-order valence-electron chi connectivity index (χ4n) is 1.09. The van der Waals surface area contributed by atoms with Crippen LogP contribution in [0.2, 0.25) is 0 Å². The van der Waals surface area contributed by atoms with E-state index in [2.05, 4.69) is 0 Å². The van der Waals surface area contributed by atoms with Crippen LogP contribution in [0.3, 0.4) is 0 Å². The van der Waals surface area contributed by atoms with Gasteiger partial charge >= 0.3 is 0 Å². The van der Waals surface area contributed by atoms with Crippen molar-refractivity contribution in [1.82, 2.24) is 0 Å². The van der Waals surface area contributed by atoms with Crippen LogP contribution in [-0.4, -0.2) is 32.7 Å². The van der Waals surface area contributed by atoms with Gasteiger partial charge in [0.2, 0.25) is 0 Å². The number of ether oxygens (including phenoxy) is 3. The van der Waals surface area contributed by atoms with E-state index in [0.717, 1.165) is 0 Å². The molecule has 0 N–H and O–H groups in total. The van der Waals surface area contributed by atoms with E-state index in [1.807, 2.05) is 18.2 Å². The minimum absolute atomic E-state index is 0.298. The van der Waals surface area contributed by atoms with Crippen LogP contribution in [0.15, 0.2) is 0 Å². The summed E-state index contributed by atoms with van der Waals surface area (Å²) in [5, 5.41) is 25.1. The van der Waals surface area contributed by atoms with Crippen molar-refractivity contribution in [1.29, 1.82) is 15.8 Å². The predicted molar refractivity (Wildman–Crippen MR) is 61.8 cm³/mol. The molecule has 0 spiro atoms. The molecule has 0 aliphatic rings. The normalized spacial score (nSPS) is 9.67. The standard InChI is InChI=1S/C12H17N3O3/c13-5-1-8-16-11-4-12(17-9-2-6-14)18-10-3-7-15/h12H,1-4,8-11H2. The van der Waals surface area contributed by atoms with Crippen LogP contribution in [0, 0.1) is 34.0 Å². The summed E-state index contributed by atoms with van der Waals surface area (Å²) < 4.78 is 15.9. The van der Waals surface area contributed by atoms with E-state index in [0.29, 0.717) is 52.1 Å². The van der Waals surface area contributed by atoms with E-state index < -0.39 is 6.29 Å². The highest BCUT2D eigenvalue weighted by molar-refractivity contribution is 4.69. The van der Waals surface area contributed by atoms with Gasteiger partial charge in [-0.15, -0.1) is 0 Å².